The number of nitrogens with zero attached hydrogens (tertiary/aromatic N) is 1. The van der Waals surface area contributed by atoms with Crippen molar-refractivity contribution < 1.29 is 13.6 Å². The van der Waals surface area contributed by atoms with Crippen LogP contribution >= 0.6 is 23.8 Å². The minimum atomic E-state index is -0.391. The lowest BCUT2D eigenvalue weighted by Gasteiger charge is -2.07. The molecule has 0 unspecified atom stereocenters. The van der Waals surface area contributed by atoms with Crippen LogP contribution in [0.25, 0.3) is 40.0 Å². The van der Waals surface area contributed by atoms with Crippen LogP contribution in [0.4, 0.5) is 5.69 Å². The van der Waals surface area contributed by atoms with Gasteiger partial charge in [0, 0.05) is 27.9 Å². The molecule has 0 saturated heterocycles. The molecule has 0 saturated carbocycles. The van der Waals surface area contributed by atoms with Gasteiger partial charge in [0.05, 0.1) is 0 Å². The zero-order valence-corrected chi connectivity index (χ0v) is 21.6. The summed E-state index contributed by atoms with van der Waals surface area (Å²) in [4.78, 5) is 16.9. The largest absolute Gasteiger partial charge is 0.457 e. The normalized spacial score (nSPS) is 11.2. The van der Waals surface area contributed by atoms with E-state index in [1.165, 1.54) is 6.08 Å². The minimum absolute atomic E-state index is 0.158. The Kier molecular flexibility index (Phi) is 6.90. The first kappa shape index (κ1) is 24.5. The molecule has 37 heavy (non-hydrogen) atoms. The molecule has 2 aromatic heterocycles. The third kappa shape index (κ3) is 5.80. The number of hydrogen-bond donors (Lipinski definition) is 2. The summed E-state index contributed by atoms with van der Waals surface area (Å²) >= 11 is 11.5. The molecule has 0 bridgehead atoms. The molecule has 6 nitrogen and oxygen atoms in total. The fourth-order valence-corrected chi connectivity index (χ4v) is 4.12. The lowest BCUT2D eigenvalue weighted by Crippen LogP contribution is -2.32. The summed E-state index contributed by atoms with van der Waals surface area (Å²) in [6, 6.07) is 22.7. The zero-order valence-electron chi connectivity index (χ0n) is 20.0. The molecule has 0 aliphatic carbocycles. The number of halogens is 1. The van der Waals surface area contributed by atoms with Gasteiger partial charge in [-0.25, -0.2) is 4.98 Å². The highest BCUT2D eigenvalue weighted by molar-refractivity contribution is 7.80. The quantitative estimate of drug-likeness (QED) is 0.181. The number of aryl methyl sites for hydroxylation is 2. The average molecular weight is 528 g/mol. The monoisotopic (exact) mass is 527 g/mol. The van der Waals surface area contributed by atoms with Gasteiger partial charge in [0.2, 0.25) is 11.8 Å². The maximum Gasteiger partial charge on any atom is 0.250 e. The van der Waals surface area contributed by atoms with Crippen molar-refractivity contribution >= 4 is 57.7 Å². The summed E-state index contributed by atoms with van der Waals surface area (Å²) in [5.41, 5.74) is 5.90. The molecule has 0 radical (unpaired) electrons. The third-order valence-electron chi connectivity index (χ3n) is 5.63. The second-order valence-electron chi connectivity index (χ2n) is 8.51. The summed E-state index contributed by atoms with van der Waals surface area (Å²) < 4.78 is 11.7. The Labute approximate surface area is 224 Å². The first-order valence-corrected chi connectivity index (χ1v) is 12.3. The van der Waals surface area contributed by atoms with Crippen LogP contribution in [0.15, 0.2) is 87.7 Å². The number of benzene rings is 3. The molecule has 1 amide bonds. The van der Waals surface area contributed by atoms with Gasteiger partial charge in [0.15, 0.2) is 10.7 Å². The molecule has 2 heterocycles. The van der Waals surface area contributed by atoms with E-state index in [1.807, 2.05) is 80.6 Å². The molecule has 0 atom stereocenters. The average Bonchev–Trinajstić information content (AvgIpc) is 3.51. The van der Waals surface area contributed by atoms with E-state index in [9.17, 15) is 4.79 Å². The highest BCUT2D eigenvalue weighted by Crippen LogP contribution is 2.28. The lowest BCUT2D eigenvalue weighted by molar-refractivity contribution is -0.115. The summed E-state index contributed by atoms with van der Waals surface area (Å²) in [6.45, 7) is 3.96. The van der Waals surface area contributed by atoms with Crippen LogP contribution in [-0.4, -0.2) is 16.0 Å². The Balaban J connectivity index is 1.20. The second kappa shape index (κ2) is 10.4. The van der Waals surface area contributed by atoms with Crippen LogP contribution in [0.5, 0.6) is 0 Å². The molecule has 5 aromatic rings. The molecule has 0 aliphatic heterocycles. The number of thiocarbonyl (C=S) groups is 1. The van der Waals surface area contributed by atoms with Crippen molar-refractivity contribution in [2.45, 2.75) is 13.8 Å². The number of carbonyl (C=O) groups is 1. The highest BCUT2D eigenvalue weighted by Gasteiger charge is 2.10. The Morgan fingerprint density at radius 3 is 2.65 bits per heavy atom. The molecule has 8 heteroatoms. The fourth-order valence-electron chi connectivity index (χ4n) is 3.72. The zero-order chi connectivity index (χ0) is 25.9. The van der Waals surface area contributed by atoms with Crippen LogP contribution in [0.1, 0.15) is 16.9 Å². The minimum Gasteiger partial charge on any atom is -0.457 e. The molecular weight excluding hydrogens is 506 g/mol. The van der Waals surface area contributed by atoms with Gasteiger partial charge >= 0.3 is 0 Å². The first-order chi connectivity index (χ1) is 17.8. The molecule has 0 spiro atoms. The van der Waals surface area contributed by atoms with Gasteiger partial charge in [-0.1, -0.05) is 41.4 Å². The van der Waals surface area contributed by atoms with Gasteiger partial charge in [-0.2, -0.15) is 0 Å². The standard InChI is InChI=1S/C29H22ClN3O3S/c1-17-4-3-5-20(14-17)28-32-24-16-21(8-11-26(24)36-28)31-29(37)33-27(34)13-10-22-9-12-25(35-22)19-7-6-18(2)23(30)15-19/h3-16H,1-2H3,(H2,31,33,34,37)/b13-10+. The smallest absolute Gasteiger partial charge is 0.250 e. The van der Waals surface area contributed by atoms with E-state index in [1.54, 1.807) is 12.1 Å². The second-order valence-corrected chi connectivity index (χ2v) is 9.33. The number of nitrogens with one attached hydrogen (secondary N) is 2. The number of rotatable bonds is 5. The van der Waals surface area contributed by atoms with Crippen LogP contribution in [0.2, 0.25) is 5.02 Å². The van der Waals surface area contributed by atoms with Gasteiger partial charge in [0.1, 0.15) is 17.0 Å². The van der Waals surface area contributed by atoms with Crippen molar-refractivity contribution in [1.29, 1.82) is 0 Å². The Morgan fingerprint density at radius 1 is 0.973 bits per heavy atom. The van der Waals surface area contributed by atoms with Crippen molar-refractivity contribution in [2.75, 3.05) is 5.32 Å². The first-order valence-electron chi connectivity index (χ1n) is 11.5. The summed E-state index contributed by atoms with van der Waals surface area (Å²) in [6.07, 6.45) is 2.93. The Morgan fingerprint density at radius 2 is 1.84 bits per heavy atom. The van der Waals surface area contributed by atoms with E-state index < -0.39 is 5.91 Å². The number of furan rings is 1. The van der Waals surface area contributed by atoms with E-state index in [2.05, 4.69) is 15.6 Å². The van der Waals surface area contributed by atoms with Crippen molar-refractivity contribution in [3.8, 4) is 22.8 Å². The number of oxazole rings is 1. The molecule has 2 N–H and O–H groups in total. The van der Waals surface area contributed by atoms with Gasteiger partial charge in [-0.3, -0.25) is 10.1 Å². The molecular formula is C29H22ClN3O3S. The van der Waals surface area contributed by atoms with E-state index in [0.717, 1.165) is 22.3 Å². The van der Waals surface area contributed by atoms with Gasteiger partial charge in [-0.05, 0) is 86.2 Å². The van der Waals surface area contributed by atoms with Crippen molar-refractivity contribution in [3.05, 3.63) is 101 Å². The van der Waals surface area contributed by atoms with E-state index in [-0.39, 0.29) is 5.11 Å². The van der Waals surface area contributed by atoms with Crippen LogP contribution in [0.3, 0.4) is 0 Å². The van der Waals surface area contributed by atoms with Crippen molar-refractivity contribution in [1.82, 2.24) is 10.3 Å². The molecule has 0 fully saturated rings. The number of hydrogen-bond acceptors (Lipinski definition) is 5. The number of amides is 1. The number of carbonyl (C=O) groups excluding carboxylic acids is 1. The lowest BCUT2D eigenvalue weighted by atomic mass is 10.1. The summed E-state index contributed by atoms with van der Waals surface area (Å²) in [5.74, 6) is 1.34. The van der Waals surface area contributed by atoms with Crippen LogP contribution in [-0.2, 0) is 4.79 Å². The van der Waals surface area contributed by atoms with Gasteiger partial charge in [-0.15, -0.1) is 0 Å². The van der Waals surface area contributed by atoms with E-state index in [4.69, 9.17) is 32.7 Å². The predicted octanol–water partition coefficient (Wildman–Crippen LogP) is 7.55. The van der Waals surface area contributed by atoms with Crippen molar-refractivity contribution in [2.24, 2.45) is 0 Å². The SMILES string of the molecule is Cc1cccc(-c2nc3cc(NC(=S)NC(=O)/C=C/c4ccc(-c5ccc(C)c(Cl)c5)o4)ccc3o2)c1. The fraction of sp³-hybridized carbons (Fsp3) is 0.0690. The Bertz CT molecular complexity index is 1670. The third-order valence-corrected chi connectivity index (χ3v) is 6.24. The maximum absolute atomic E-state index is 12.4. The summed E-state index contributed by atoms with van der Waals surface area (Å²) in [7, 11) is 0. The number of fused-ring (bicyclic) bond motifs is 1. The van der Waals surface area contributed by atoms with Gasteiger partial charge < -0.3 is 14.2 Å². The molecule has 0 aliphatic rings. The Hall–Kier alpha value is -4.20. The number of aromatic nitrogens is 1. The predicted molar refractivity (Wildman–Crippen MR) is 151 cm³/mol. The van der Waals surface area contributed by atoms with Gasteiger partial charge in [0.25, 0.3) is 0 Å². The van der Waals surface area contributed by atoms with Crippen molar-refractivity contribution in [3.63, 3.8) is 0 Å². The van der Waals surface area contributed by atoms with E-state index in [0.29, 0.717) is 39.2 Å². The molecule has 184 valence electrons. The highest BCUT2D eigenvalue weighted by atomic mass is 35.5. The van der Waals surface area contributed by atoms with E-state index >= 15 is 0 Å². The number of anilines is 1. The van der Waals surface area contributed by atoms with Crippen LogP contribution in [0, 0.1) is 13.8 Å². The topological polar surface area (TPSA) is 80.3 Å². The maximum atomic E-state index is 12.4. The molecule has 3 aromatic carbocycles. The molecule has 5 rings (SSSR count). The van der Waals surface area contributed by atoms with Crippen LogP contribution < -0.4 is 10.6 Å². The summed E-state index contributed by atoms with van der Waals surface area (Å²) in [5, 5.41) is 6.46.